The maximum Gasteiger partial charge on any atom is 0.142 e. The monoisotopic (exact) mass is 299 g/mol. The molecule has 3 heteroatoms. The maximum atomic E-state index is 14.1. The highest BCUT2D eigenvalue weighted by Crippen LogP contribution is 2.47. The number of nitrogens with one attached hydrogen (secondary N) is 1. The molecule has 2 rings (SSSR count). The largest absolute Gasteiger partial charge is 0.310 e. The van der Waals surface area contributed by atoms with Gasteiger partial charge in [-0.25, -0.2) is 4.39 Å². The van der Waals surface area contributed by atoms with Gasteiger partial charge in [-0.1, -0.05) is 26.0 Å². The van der Waals surface area contributed by atoms with E-state index in [1.54, 1.807) is 6.07 Å². The highest BCUT2D eigenvalue weighted by Gasteiger charge is 2.40. The molecule has 1 aliphatic carbocycles. The van der Waals surface area contributed by atoms with Gasteiger partial charge in [0.25, 0.3) is 0 Å². The molecule has 1 N–H and O–H groups in total. The van der Waals surface area contributed by atoms with E-state index in [9.17, 15) is 4.39 Å². The minimum absolute atomic E-state index is 0.111. The van der Waals surface area contributed by atoms with Crippen LogP contribution < -0.4 is 5.32 Å². The van der Waals surface area contributed by atoms with Crippen molar-refractivity contribution >= 4 is 15.9 Å². The SMILES string of the molecule is CCCNC(c1cccc(Br)c1F)C1CC1C. The molecule has 1 saturated carbocycles. The molecule has 0 radical (unpaired) electrons. The van der Waals surface area contributed by atoms with Crippen LogP contribution in [-0.2, 0) is 0 Å². The lowest BCUT2D eigenvalue weighted by Crippen LogP contribution is -2.25. The highest BCUT2D eigenvalue weighted by molar-refractivity contribution is 9.10. The molecule has 0 saturated heterocycles. The summed E-state index contributed by atoms with van der Waals surface area (Å²) < 4.78 is 14.7. The average molecular weight is 300 g/mol. The number of benzene rings is 1. The van der Waals surface area contributed by atoms with Gasteiger partial charge in [0.05, 0.1) is 4.47 Å². The molecule has 0 aromatic heterocycles. The zero-order chi connectivity index (χ0) is 12.4. The van der Waals surface area contributed by atoms with Crippen LogP contribution in [0.1, 0.15) is 38.3 Å². The second-order valence-corrected chi connectivity index (χ2v) is 5.81. The quantitative estimate of drug-likeness (QED) is 0.855. The second kappa shape index (κ2) is 5.49. The topological polar surface area (TPSA) is 12.0 Å². The molecule has 0 heterocycles. The van der Waals surface area contributed by atoms with Gasteiger partial charge in [0.1, 0.15) is 5.82 Å². The second-order valence-electron chi connectivity index (χ2n) is 4.95. The Labute approximate surface area is 111 Å². The molecule has 1 aromatic carbocycles. The van der Waals surface area contributed by atoms with E-state index in [0.29, 0.717) is 16.3 Å². The molecule has 0 spiro atoms. The van der Waals surface area contributed by atoms with Crippen molar-refractivity contribution in [3.8, 4) is 0 Å². The van der Waals surface area contributed by atoms with Crippen LogP contribution in [0, 0.1) is 17.7 Å². The fourth-order valence-corrected chi connectivity index (χ4v) is 2.75. The van der Waals surface area contributed by atoms with Gasteiger partial charge in [-0.15, -0.1) is 0 Å². The molecule has 1 aliphatic rings. The van der Waals surface area contributed by atoms with Crippen molar-refractivity contribution in [1.29, 1.82) is 0 Å². The third kappa shape index (κ3) is 2.89. The summed E-state index contributed by atoms with van der Waals surface area (Å²) in [5.41, 5.74) is 0.808. The molecule has 1 aromatic rings. The Morgan fingerprint density at radius 1 is 1.53 bits per heavy atom. The Morgan fingerprint density at radius 3 is 2.82 bits per heavy atom. The number of rotatable bonds is 5. The summed E-state index contributed by atoms with van der Waals surface area (Å²) in [5.74, 6) is 1.19. The van der Waals surface area contributed by atoms with Crippen molar-refractivity contribution in [2.24, 2.45) is 11.8 Å². The van der Waals surface area contributed by atoms with E-state index in [1.165, 1.54) is 6.42 Å². The first-order valence-electron chi connectivity index (χ1n) is 6.32. The molecule has 0 amide bonds. The van der Waals surface area contributed by atoms with E-state index in [4.69, 9.17) is 0 Å². The van der Waals surface area contributed by atoms with Crippen LogP contribution in [-0.4, -0.2) is 6.54 Å². The normalized spacial score (nSPS) is 24.7. The zero-order valence-corrected chi connectivity index (χ0v) is 11.9. The van der Waals surface area contributed by atoms with Crippen molar-refractivity contribution in [2.75, 3.05) is 6.54 Å². The van der Waals surface area contributed by atoms with Gasteiger partial charge in [-0.3, -0.25) is 0 Å². The van der Waals surface area contributed by atoms with Gasteiger partial charge in [-0.05, 0) is 53.2 Å². The van der Waals surface area contributed by atoms with Gasteiger partial charge in [0.15, 0.2) is 0 Å². The fourth-order valence-electron chi connectivity index (χ4n) is 2.37. The molecular formula is C14H19BrFN. The van der Waals surface area contributed by atoms with Crippen LogP contribution in [0.2, 0.25) is 0 Å². The standard InChI is InChI=1S/C14H19BrFN/c1-3-7-17-14(11-8-9(11)2)10-5-4-6-12(15)13(10)16/h4-6,9,11,14,17H,3,7-8H2,1-2H3. The van der Waals surface area contributed by atoms with E-state index in [-0.39, 0.29) is 11.9 Å². The van der Waals surface area contributed by atoms with Crippen molar-refractivity contribution in [1.82, 2.24) is 5.32 Å². The minimum atomic E-state index is -0.111. The Balaban J connectivity index is 2.22. The summed E-state index contributed by atoms with van der Waals surface area (Å²) in [6.07, 6.45) is 2.28. The fraction of sp³-hybridized carbons (Fsp3) is 0.571. The van der Waals surface area contributed by atoms with Crippen LogP contribution >= 0.6 is 15.9 Å². The molecule has 17 heavy (non-hydrogen) atoms. The first-order valence-corrected chi connectivity index (χ1v) is 7.11. The van der Waals surface area contributed by atoms with E-state index in [0.717, 1.165) is 18.5 Å². The number of hydrogen-bond donors (Lipinski definition) is 1. The summed E-state index contributed by atoms with van der Waals surface area (Å²) in [6.45, 7) is 5.32. The predicted molar refractivity (Wildman–Crippen MR) is 72.4 cm³/mol. The van der Waals surface area contributed by atoms with E-state index in [2.05, 4.69) is 35.1 Å². The van der Waals surface area contributed by atoms with Gasteiger partial charge in [0, 0.05) is 11.6 Å². The molecule has 3 atom stereocenters. The van der Waals surface area contributed by atoms with Crippen molar-refractivity contribution in [3.05, 3.63) is 34.1 Å². The van der Waals surface area contributed by atoms with Crippen LogP contribution in [0.5, 0.6) is 0 Å². The predicted octanol–water partition coefficient (Wildman–Crippen LogP) is 4.28. The van der Waals surface area contributed by atoms with Gasteiger partial charge < -0.3 is 5.32 Å². The Kier molecular flexibility index (Phi) is 4.21. The van der Waals surface area contributed by atoms with Crippen LogP contribution in [0.15, 0.2) is 22.7 Å². The van der Waals surface area contributed by atoms with Gasteiger partial charge >= 0.3 is 0 Å². The average Bonchev–Trinajstić information content (AvgIpc) is 3.02. The van der Waals surface area contributed by atoms with Gasteiger partial charge in [0.2, 0.25) is 0 Å². The van der Waals surface area contributed by atoms with Crippen LogP contribution in [0.25, 0.3) is 0 Å². The summed E-state index contributed by atoms with van der Waals surface area (Å²) in [6, 6.07) is 5.74. The van der Waals surface area contributed by atoms with E-state index >= 15 is 0 Å². The molecule has 0 bridgehead atoms. The van der Waals surface area contributed by atoms with Crippen molar-refractivity contribution < 1.29 is 4.39 Å². The lowest BCUT2D eigenvalue weighted by Gasteiger charge is -2.20. The van der Waals surface area contributed by atoms with Crippen molar-refractivity contribution in [2.45, 2.75) is 32.7 Å². The first-order chi connectivity index (χ1) is 8.15. The third-order valence-corrected chi connectivity index (χ3v) is 4.14. The molecule has 1 nitrogen and oxygen atoms in total. The van der Waals surface area contributed by atoms with E-state index in [1.807, 2.05) is 12.1 Å². The molecule has 0 aliphatic heterocycles. The third-order valence-electron chi connectivity index (χ3n) is 3.53. The lowest BCUT2D eigenvalue weighted by molar-refractivity contribution is 0.441. The first kappa shape index (κ1) is 13.0. The Hall–Kier alpha value is -0.410. The summed E-state index contributed by atoms with van der Waals surface area (Å²) >= 11 is 3.26. The Morgan fingerprint density at radius 2 is 2.24 bits per heavy atom. The zero-order valence-electron chi connectivity index (χ0n) is 10.3. The summed E-state index contributed by atoms with van der Waals surface area (Å²) in [7, 11) is 0. The summed E-state index contributed by atoms with van der Waals surface area (Å²) in [4.78, 5) is 0. The minimum Gasteiger partial charge on any atom is -0.310 e. The van der Waals surface area contributed by atoms with Gasteiger partial charge in [-0.2, -0.15) is 0 Å². The van der Waals surface area contributed by atoms with Crippen molar-refractivity contribution in [3.63, 3.8) is 0 Å². The van der Waals surface area contributed by atoms with Crippen LogP contribution in [0.3, 0.4) is 0 Å². The lowest BCUT2D eigenvalue weighted by atomic mass is 10.0. The Bertz CT molecular complexity index is 394. The smallest absolute Gasteiger partial charge is 0.142 e. The number of halogens is 2. The number of hydrogen-bond acceptors (Lipinski definition) is 1. The molecule has 94 valence electrons. The molecule has 3 unspecified atom stereocenters. The maximum absolute atomic E-state index is 14.1. The van der Waals surface area contributed by atoms with Crippen LogP contribution in [0.4, 0.5) is 4.39 Å². The van der Waals surface area contributed by atoms with E-state index < -0.39 is 0 Å². The summed E-state index contributed by atoms with van der Waals surface area (Å²) in [5, 5.41) is 3.49. The molecule has 1 fully saturated rings. The molecular weight excluding hydrogens is 281 g/mol. The highest BCUT2D eigenvalue weighted by atomic mass is 79.9.